The van der Waals surface area contributed by atoms with E-state index >= 15 is 0 Å². The zero-order valence-corrected chi connectivity index (χ0v) is 8.05. The quantitative estimate of drug-likeness (QED) is 0.718. The molecule has 0 radical (unpaired) electrons. The third-order valence-corrected chi connectivity index (χ3v) is 2.39. The van der Waals surface area contributed by atoms with Crippen LogP contribution in [0.1, 0.15) is 11.3 Å². The number of hydrogen-bond acceptors (Lipinski definition) is 3. The minimum Gasteiger partial charge on any atom is -0.460 e. The number of benzene rings is 1. The Balaban J connectivity index is 2.67. The maximum atomic E-state index is 5.61. The first-order valence-electron chi connectivity index (χ1n) is 4.16. The lowest BCUT2D eigenvalue weighted by atomic mass is 10.1. The maximum absolute atomic E-state index is 5.61. The number of furan rings is 1. The van der Waals surface area contributed by atoms with E-state index in [0.29, 0.717) is 12.3 Å². The van der Waals surface area contributed by atoms with E-state index in [0.717, 1.165) is 22.3 Å². The molecular formula is C10H11NOS. The van der Waals surface area contributed by atoms with Gasteiger partial charge in [-0.3, -0.25) is 0 Å². The predicted octanol–water partition coefficient (Wildman–Crippen LogP) is 2.32. The molecule has 0 aliphatic carbocycles. The molecule has 2 nitrogen and oxygen atoms in total. The summed E-state index contributed by atoms with van der Waals surface area (Å²) in [4.78, 5) is 0. The molecule has 0 aliphatic rings. The summed E-state index contributed by atoms with van der Waals surface area (Å²) in [6.45, 7) is 0.545. The van der Waals surface area contributed by atoms with E-state index in [9.17, 15) is 0 Å². The van der Waals surface area contributed by atoms with Crippen LogP contribution in [-0.2, 0) is 12.3 Å². The van der Waals surface area contributed by atoms with Crippen molar-refractivity contribution in [3.63, 3.8) is 0 Å². The van der Waals surface area contributed by atoms with E-state index in [1.54, 1.807) is 0 Å². The molecule has 0 bridgehead atoms. The van der Waals surface area contributed by atoms with Crippen LogP contribution in [0, 0.1) is 0 Å². The van der Waals surface area contributed by atoms with E-state index in [4.69, 9.17) is 10.2 Å². The highest BCUT2D eigenvalue weighted by atomic mass is 32.1. The van der Waals surface area contributed by atoms with Gasteiger partial charge in [-0.2, -0.15) is 12.6 Å². The third-order valence-electron chi connectivity index (χ3n) is 2.08. The highest BCUT2D eigenvalue weighted by Gasteiger charge is 2.04. The van der Waals surface area contributed by atoms with Crippen LogP contribution in [0.2, 0.25) is 0 Å². The van der Waals surface area contributed by atoms with Gasteiger partial charge in [0.25, 0.3) is 0 Å². The normalized spacial score (nSPS) is 10.9. The average molecular weight is 193 g/mol. The van der Waals surface area contributed by atoms with E-state index < -0.39 is 0 Å². The molecule has 2 N–H and O–H groups in total. The van der Waals surface area contributed by atoms with Crippen molar-refractivity contribution < 1.29 is 4.42 Å². The second kappa shape index (κ2) is 3.44. The molecule has 0 aliphatic heterocycles. The molecule has 68 valence electrons. The fraction of sp³-hybridized carbons (Fsp3) is 0.200. The van der Waals surface area contributed by atoms with E-state index in [1.807, 2.05) is 24.3 Å². The molecule has 0 spiro atoms. The molecule has 0 amide bonds. The number of rotatable bonds is 2. The highest BCUT2D eigenvalue weighted by molar-refractivity contribution is 7.79. The van der Waals surface area contributed by atoms with Crippen LogP contribution >= 0.6 is 12.6 Å². The molecule has 1 aromatic carbocycles. The molecule has 13 heavy (non-hydrogen) atoms. The molecule has 0 saturated carbocycles. The minimum absolute atomic E-state index is 0.545. The largest absolute Gasteiger partial charge is 0.460 e. The lowest BCUT2D eigenvalue weighted by Crippen LogP contribution is -1.95. The Hall–Kier alpha value is -0.930. The van der Waals surface area contributed by atoms with Gasteiger partial charge in [-0.25, -0.2) is 0 Å². The second-order valence-electron chi connectivity index (χ2n) is 2.90. The topological polar surface area (TPSA) is 39.2 Å². The standard InChI is InChI=1S/C10H11NOS/c11-5-7-2-1-3-10-9(7)4-8(6-13)12-10/h1-4,13H,5-6,11H2. The van der Waals surface area contributed by atoms with Crippen molar-refractivity contribution >= 4 is 23.6 Å². The SMILES string of the molecule is NCc1cccc2oc(CS)cc12. The van der Waals surface area contributed by atoms with E-state index in [2.05, 4.69) is 12.6 Å². The zero-order valence-electron chi connectivity index (χ0n) is 7.16. The first-order chi connectivity index (χ1) is 6.35. The Kier molecular flexibility index (Phi) is 2.29. The average Bonchev–Trinajstić information content (AvgIpc) is 2.59. The van der Waals surface area contributed by atoms with Crippen LogP contribution in [0.3, 0.4) is 0 Å². The summed E-state index contributed by atoms with van der Waals surface area (Å²) in [6, 6.07) is 7.92. The van der Waals surface area contributed by atoms with E-state index in [1.165, 1.54) is 0 Å². The van der Waals surface area contributed by atoms with Crippen molar-refractivity contribution in [2.75, 3.05) is 0 Å². The highest BCUT2D eigenvalue weighted by Crippen LogP contribution is 2.23. The van der Waals surface area contributed by atoms with E-state index in [-0.39, 0.29) is 0 Å². The molecule has 0 saturated heterocycles. The molecular weight excluding hydrogens is 182 g/mol. The van der Waals surface area contributed by atoms with Crippen LogP contribution in [0.15, 0.2) is 28.7 Å². The maximum Gasteiger partial charge on any atom is 0.134 e. The summed E-state index contributed by atoms with van der Waals surface area (Å²) in [5.74, 6) is 1.51. The van der Waals surface area contributed by atoms with Gasteiger partial charge in [0.2, 0.25) is 0 Å². The van der Waals surface area contributed by atoms with Gasteiger partial charge < -0.3 is 10.2 Å². The Morgan fingerprint density at radius 3 is 2.92 bits per heavy atom. The van der Waals surface area contributed by atoms with Crippen LogP contribution < -0.4 is 5.73 Å². The lowest BCUT2D eigenvalue weighted by molar-refractivity contribution is 0.574. The molecule has 2 aromatic rings. The monoisotopic (exact) mass is 193 g/mol. The molecule has 2 rings (SSSR count). The summed E-state index contributed by atoms with van der Waals surface area (Å²) in [7, 11) is 0. The van der Waals surface area contributed by atoms with Crippen molar-refractivity contribution in [2.24, 2.45) is 5.73 Å². The first-order valence-corrected chi connectivity index (χ1v) is 4.79. The van der Waals surface area contributed by atoms with Gasteiger partial charge in [0.15, 0.2) is 0 Å². The number of nitrogens with two attached hydrogens (primary N) is 1. The number of thiol groups is 1. The van der Waals surface area contributed by atoms with Gasteiger partial charge in [0, 0.05) is 17.7 Å². The van der Waals surface area contributed by atoms with Crippen molar-refractivity contribution in [1.29, 1.82) is 0 Å². The number of hydrogen-bond donors (Lipinski definition) is 2. The summed E-state index contributed by atoms with van der Waals surface area (Å²) < 4.78 is 5.53. The van der Waals surface area contributed by atoms with Crippen LogP contribution in [-0.4, -0.2) is 0 Å². The molecule has 0 atom stereocenters. The van der Waals surface area contributed by atoms with Crippen LogP contribution in [0.4, 0.5) is 0 Å². The third kappa shape index (κ3) is 1.45. The first kappa shape index (κ1) is 8.66. The van der Waals surface area contributed by atoms with Gasteiger partial charge >= 0.3 is 0 Å². The minimum atomic E-state index is 0.545. The van der Waals surface area contributed by atoms with Crippen LogP contribution in [0.5, 0.6) is 0 Å². The van der Waals surface area contributed by atoms with Crippen molar-refractivity contribution in [3.05, 3.63) is 35.6 Å². The Bertz CT molecular complexity index is 422. The molecule has 0 unspecified atom stereocenters. The van der Waals surface area contributed by atoms with Gasteiger partial charge in [0.1, 0.15) is 11.3 Å². The summed E-state index contributed by atoms with van der Waals surface area (Å²) in [6.07, 6.45) is 0. The van der Waals surface area contributed by atoms with Crippen molar-refractivity contribution in [1.82, 2.24) is 0 Å². The smallest absolute Gasteiger partial charge is 0.134 e. The molecule has 1 heterocycles. The lowest BCUT2D eigenvalue weighted by Gasteiger charge is -1.95. The molecule has 1 aromatic heterocycles. The zero-order chi connectivity index (χ0) is 9.26. The fourth-order valence-corrected chi connectivity index (χ4v) is 1.59. The summed E-state index contributed by atoms with van der Waals surface area (Å²) >= 11 is 4.16. The molecule has 3 heteroatoms. The second-order valence-corrected chi connectivity index (χ2v) is 3.22. The Labute approximate surface area is 82.1 Å². The Morgan fingerprint density at radius 2 is 2.23 bits per heavy atom. The summed E-state index contributed by atoms with van der Waals surface area (Å²) in [5, 5.41) is 1.11. The van der Waals surface area contributed by atoms with Gasteiger partial charge in [-0.1, -0.05) is 12.1 Å². The van der Waals surface area contributed by atoms with Crippen LogP contribution in [0.25, 0.3) is 11.0 Å². The summed E-state index contributed by atoms with van der Waals surface area (Å²) in [5.41, 5.74) is 7.62. The van der Waals surface area contributed by atoms with Crippen molar-refractivity contribution in [2.45, 2.75) is 12.3 Å². The Morgan fingerprint density at radius 1 is 1.38 bits per heavy atom. The van der Waals surface area contributed by atoms with Crippen molar-refractivity contribution in [3.8, 4) is 0 Å². The van der Waals surface area contributed by atoms with Gasteiger partial charge in [0.05, 0.1) is 0 Å². The number of fused-ring (bicyclic) bond motifs is 1. The fourth-order valence-electron chi connectivity index (χ4n) is 1.43. The van der Waals surface area contributed by atoms with Gasteiger partial charge in [-0.05, 0) is 17.7 Å². The van der Waals surface area contributed by atoms with Gasteiger partial charge in [-0.15, -0.1) is 0 Å². The predicted molar refractivity (Wildman–Crippen MR) is 56.8 cm³/mol. The molecule has 0 fully saturated rings.